The minimum atomic E-state index is -0.644. The van der Waals surface area contributed by atoms with E-state index in [0.29, 0.717) is 11.1 Å². The first-order valence-corrected chi connectivity index (χ1v) is 4.73. The molecule has 0 bridgehead atoms. The quantitative estimate of drug-likeness (QED) is 0.790. The molecule has 82 valence electrons. The minimum absolute atomic E-state index is 0.242. The molecule has 0 radical (unpaired) electrons. The van der Waals surface area contributed by atoms with Gasteiger partial charge in [-0.1, -0.05) is 12.1 Å². The highest BCUT2D eigenvalue weighted by molar-refractivity contribution is 5.65. The standard InChI is InChI=1S/C12H9F2NO/c13-9-3-1-8(2-4-9)10-5-6-12(14)15-11(10)7-16/h1-6,16H,7H2. The lowest BCUT2D eigenvalue weighted by atomic mass is 10.0. The van der Waals surface area contributed by atoms with Gasteiger partial charge in [-0.3, -0.25) is 0 Å². The van der Waals surface area contributed by atoms with E-state index < -0.39 is 5.95 Å². The molecule has 1 aromatic heterocycles. The fourth-order valence-corrected chi connectivity index (χ4v) is 1.49. The van der Waals surface area contributed by atoms with Crippen LogP contribution in [0.5, 0.6) is 0 Å². The van der Waals surface area contributed by atoms with Gasteiger partial charge in [-0.05, 0) is 29.8 Å². The lowest BCUT2D eigenvalue weighted by Crippen LogP contribution is -1.96. The molecule has 0 saturated carbocycles. The number of pyridine rings is 1. The van der Waals surface area contributed by atoms with Gasteiger partial charge < -0.3 is 5.11 Å². The fourth-order valence-electron chi connectivity index (χ4n) is 1.49. The van der Waals surface area contributed by atoms with Crippen LogP contribution in [-0.4, -0.2) is 10.1 Å². The van der Waals surface area contributed by atoms with Crippen molar-refractivity contribution in [3.05, 3.63) is 53.9 Å². The largest absolute Gasteiger partial charge is 0.390 e. The number of rotatable bonds is 2. The van der Waals surface area contributed by atoms with Crippen molar-refractivity contribution in [2.75, 3.05) is 0 Å². The van der Waals surface area contributed by atoms with Crippen LogP contribution >= 0.6 is 0 Å². The summed E-state index contributed by atoms with van der Waals surface area (Å²) in [5, 5.41) is 9.06. The molecule has 1 aromatic carbocycles. The molecule has 0 saturated heterocycles. The number of aliphatic hydroxyl groups excluding tert-OH is 1. The molecule has 0 aliphatic heterocycles. The number of aliphatic hydroxyl groups is 1. The summed E-state index contributed by atoms with van der Waals surface area (Å²) in [6, 6.07) is 8.45. The molecule has 0 fully saturated rings. The van der Waals surface area contributed by atoms with Crippen molar-refractivity contribution in [2.24, 2.45) is 0 Å². The van der Waals surface area contributed by atoms with Gasteiger partial charge in [-0.2, -0.15) is 4.39 Å². The average Bonchev–Trinajstić information content (AvgIpc) is 2.30. The van der Waals surface area contributed by atoms with Gasteiger partial charge in [0.2, 0.25) is 5.95 Å². The van der Waals surface area contributed by atoms with Gasteiger partial charge in [-0.15, -0.1) is 0 Å². The maximum absolute atomic E-state index is 12.8. The molecule has 4 heteroatoms. The number of aromatic nitrogens is 1. The second kappa shape index (κ2) is 4.37. The van der Waals surface area contributed by atoms with E-state index in [1.54, 1.807) is 12.1 Å². The van der Waals surface area contributed by atoms with Gasteiger partial charge >= 0.3 is 0 Å². The van der Waals surface area contributed by atoms with Crippen molar-refractivity contribution in [3.8, 4) is 11.1 Å². The Kier molecular flexibility index (Phi) is 2.92. The summed E-state index contributed by atoms with van der Waals surface area (Å²) in [4.78, 5) is 3.58. The lowest BCUT2D eigenvalue weighted by molar-refractivity contribution is 0.275. The molecule has 2 nitrogen and oxygen atoms in total. The third kappa shape index (κ3) is 2.06. The van der Waals surface area contributed by atoms with Crippen molar-refractivity contribution in [3.63, 3.8) is 0 Å². The Hall–Kier alpha value is -1.81. The Balaban J connectivity index is 2.51. The predicted molar refractivity (Wildman–Crippen MR) is 55.5 cm³/mol. The Bertz CT molecular complexity index is 497. The molecule has 1 heterocycles. The average molecular weight is 221 g/mol. The van der Waals surface area contributed by atoms with Crippen LogP contribution in [-0.2, 0) is 6.61 Å². The first-order valence-electron chi connectivity index (χ1n) is 4.73. The summed E-state index contributed by atoms with van der Waals surface area (Å²) in [6.45, 7) is -0.357. The van der Waals surface area contributed by atoms with Gasteiger partial charge in [0.1, 0.15) is 5.82 Å². The zero-order valence-electron chi connectivity index (χ0n) is 8.32. The van der Waals surface area contributed by atoms with E-state index in [1.807, 2.05) is 0 Å². The number of hydrogen-bond donors (Lipinski definition) is 1. The van der Waals surface area contributed by atoms with E-state index in [9.17, 15) is 8.78 Å². The summed E-state index contributed by atoms with van der Waals surface area (Å²) < 4.78 is 25.6. The smallest absolute Gasteiger partial charge is 0.213 e. The third-order valence-electron chi connectivity index (χ3n) is 2.25. The second-order valence-electron chi connectivity index (χ2n) is 3.29. The normalized spacial score (nSPS) is 10.4. The summed E-state index contributed by atoms with van der Waals surface area (Å²) in [5.41, 5.74) is 1.54. The molecular weight excluding hydrogens is 212 g/mol. The topological polar surface area (TPSA) is 33.1 Å². The maximum atomic E-state index is 12.8. The summed E-state index contributed by atoms with van der Waals surface area (Å²) >= 11 is 0. The second-order valence-corrected chi connectivity index (χ2v) is 3.29. The van der Waals surface area contributed by atoms with E-state index in [-0.39, 0.29) is 18.1 Å². The van der Waals surface area contributed by atoms with Crippen LogP contribution in [0, 0.1) is 11.8 Å². The van der Waals surface area contributed by atoms with Crippen LogP contribution in [0.3, 0.4) is 0 Å². The van der Waals surface area contributed by atoms with Crippen LogP contribution in [0.15, 0.2) is 36.4 Å². The highest BCUT2D eigenvalue weighted by Crippen LogP contribution is 2.22. The number of nitrogens with zero attached hydrogens (tertiary/aromatic N) is 1. The molecule has 16 heavy (non-hydrogen) atoms. The Labute approximate surface area is 91.2 Å². The Morgan fingerprint density at radius 3 is 2.31 bits per heavy atom. The predicted octanol–water partition coefficient (Wildman–Crippen LogP) is 2.52. The highest BCUT2D eigenvalue weighted by Gasteiger charge is 2.07. The lowest BCUT2D eigenvalue weighted by Gasteiger charge is -2.06. The van der Waals surface area contributed by atoms with Crippen LogP contribution in [0.4, 0.5) is 8.78 Å². The van der Waals surface area contributed by atoms with Gasteiger partial charge in [0.15, 0.2) is 0 Å². The molecule has 0 aliphatic rings. The number of benzene rings is 1. The summed E-state index contributed by atoms with van der Waals surface area (Å²) in [7, 11) is 0. The molecule has 0 aliphatic carbocycles. The van der Waals surface area contributed by atoms with Crippen molar-refractivity contribution in [1.29, 1.82) is 0 Å². The summed E-state index contributed by atoms with van der Waals surface area (Å²) in [6.07, 6.45) is 0. The Morgan fingerprint density at radius 2 is 1.69 bits per heavy atom. The highest BCUT2D eigenvalue weighted by atomic mass is 19.1. The van der Waals surface area contributed by atoms with E-state index in [0.717, 1.165) is 0 Å². The number of hydrogen-bond acceptors (Lipinski definition) is 2. The molecule has 0 unspecified atom stereocenters. The SMILES string of the molecule is OCc1nc(F)ccc1-c1ccc(F)cc1. The van der Waals surface area contributed by atoms with Crippen molar-refractivity contribution >= 4 is 0 Å². The minimum Gasteiger partial charge on any atom is -0.390 e. The van der Waals surface area contributed by atoms with Crippen LogP contribution in [0.1, 0.15) is 5.69 Å². The first kappa shape index (κ1) is 10.7. The van der Waals surface area contributed by atoms with Gasteiger partial charge in [0, 0.05) is 5.56 Å². The van der Waals surface area contributed by atoms with Gasteiger partial charge in [0.25, 0.3) is 0 Å². The monoisotopic (exact) mass is 221 g/mol. The maximum Gasteiger partial charge on any atom is 0.213 e. The van der Waals surface area contributed by atoms with E-state index in [2.05, 4.69) is 4.98 Å². The van der Waals surface area contributed by atoms with Crippen molar-refractivity contribution < 1.29 is 13.9 Å². The van der Waals surface area contributed by atoms with Gasteiger partial charge in [-0.25, -0.2) is 9.37 Å². The molecule has 2 rings (SSSR count). The molecule has 0 atom stereocenters. The van der Waals surface area contributed by atoms with Crippen molar-refractivity contribution in [1.82, 2.24) is 4.98 Å². The van der Waals surface area contributed by atoms with Crippen LogP contribution in [0.2, 0.25) is 0 Å². The number of halogens is 2. The summed E-state index contributed by atoms with van der Waals surface area (Å²) in [5.74, 6) is -0.987. The first-order chi connectivity index (χ1) is 7.70. The zero-order chi connectivity index (χ0) is 11.5. The molecular formula is C12H9F2NO. The van der Waals surface area contributed by atoms with E-state index in [4.69, 9.17) is 5.11 Å². The van der Waals surface area contributed by atoms with Crippen LogP contribution < -0.4 is 0 Å². The van der Waals surface area contributed by atoms with E-state index in [1.165, 1.54) is 24.3 Å². The molecule has 2 aromatic rings. The fraction of sp³-hybridized carbons (Fsp3) is 0.0833. The molecule has 0 amide bonds. The molecule has 0 spiro atoms. The van der Waals surface area contributed by atoms with E-state index >= 15 is 0 Å². The third-order valence-corrected chi connectivity index (χ3v) is 2.25. The molecule has 1 N–H and O–H groups in total. The van der Waals surface area contributed by atoms with Crippen molar-refractivity contribution in [2.45, 2.75) is 6.61 Å². The van der Waals surface area contributed by atoms with Gasteiger partial charge in [0.05, 0.1) is 12.3 Å². The zero-order valence-corrected chi connectivity index (χ0v) is 8.32. The van der Waals surface area contributed by atoms with Crippen LogP contribution in [0.25, 0.3) is 11.1 Å². The Morgan fingerprint density at radius 1 is 1.00 bits per heavy atom.